The number of hydrogen-bond acceptors (Lipinski definition) is 4. The molecule has 1 N–H and O–H groups in total. The maximum atomic E-state index is 11.9. The minimum Gasteiger partial charge on any atom is -0.378 e. The second-order valence-electron chi connectivity index (χ2n) is 4.23. The minimum absolute atomic E-state index is 0.0478. The van der Waals surface area contributed by atoms with Gasteiger partial charge < -0.3 is 10.2 Å². The molecule has 0 atom stereocenters. The van der Waals surface area contributed by atoms with E-state index in [-0.39, 0.29) is 5.91 Å². The number of benzene rings is 1. The van der Waals surface area contributed by atoms with E-state index in [0.717, 1.165) is 11.4 Å². The van der Waals surface area contributed by atoms with Crippen LogP contribution in [0.3, 0.4) is 0 Å². The Hall–Kier alpha value is -1.59. The second-order valence-corrected chi connectivity index (χ2v) is 5.35. The molecule has 0 aliphatic carbocycles. The van der Waals surface area contributed by atoms with E-state index in [9.17, 15) is 4.79 Å². The number of amides is 1. The van der Waals surface area contributed by atoms with Crippen molar-refractivity contribution in [2.24, 2.45) is 0 Å². The third-order valence-corrected chi connectivity index (χ3v) is 3.53. The summed E-state index contributed by atoms with van der Waals surface area (Å²) in [4.78, 5) is 17.6. The first-order valence-corrected chi connectivity index (χ1v) is 7.02. The van der Waals surface area contributed by atoms with Gasteiger partial charge >= 0.3 is 0 Å². The van der Waals surface area contributed by atoms with E-state index < -0.39 is 0 Å². The van der Waals surface area contributed by atoms with Crippen molar-refractivity contribution in [1.29, 1.82) is 0 Å². The van der Waals surface area contributed by atoms with Gasteiger partial charge in [-0.05, 0) is 18.2 Å². The quantitative estimate of drug-likeness (QED) is 0.942. The van der Waals surface area contributed by atoms with E-state index in [4.69, 9.17) is 11.6 Å². The van der Waals surface area contributed by atoms with Crippen LogP contribution in [-0.2, 0) is 6.54 Å². The van der Waals surface area contributed by atoms with Gasteiger partial charge in [-0.15, -0.1) is 11.3 Å². The van der Waals surface area contributed by atoms with Crippen LogP contribution in [0.1, 0.15) is 16.1 Å². The Labute approximate surface area is 121 Å². The first-order chi connectivity index (χ1) is 9.08. The summed E-state index contributed by atoms with van der Waals surface area (Å²) in [5, 5.41) is 5.75. The molecule has 1 aromatic heterocycles. The molecular formula is C13H14ClN3OS. The lowest BCUT2D eigenvalue weighted by Crippen LogP contribution is -2.21. The summed E-state index contributed by atoms with van der Waals surface area (Å²) in [7, 11) is 3.44. The topological polar surface area (TPSA) is 45.2 Å². The summed E-state index contributed by atoms with van der Waals surface area (Å²) >= 11 is 7.66. The van der Waals surface area contributed by atoms with Crippen molar-refractivity contribution in [1.82, 2.24) is 9.88 Å². The lowest BCUT2D eigenvalue weighted by atomic mass is 10.2. The highest BCUT2D eigenvalue weighted by Crippen LogP contribution is 2.24. The molecule has 0 aliphatic rings. The third kappa shape index (κ3) is 3.45. The molecule has 6 heteroatoms. The number of anilines is 1. The summed E-state index contributed by atoms with van der Waals surface area (Å²) in [6.07, 6.45) is 0. The van der Waals surface area contributed by atoms with Gasteiger partial charge in [0.2, 0.25) is 0 Å². The highest BCUT2D eigenvalue weighted by atomic mass is 35.5. The van der Waals surface area contributed by atoms with Crippen LogP contribution in [0.25, 0.3) is 0 Å². The van der Waals surface area contributed by atoms with Gasteiger partial charge in [0.05, 0.1) is 28.5 Å². The van der Waals surface area contributed by atoms with Crippen molar-refractivity contribution in [2.75, 3.05) is 19.4 Å². The lowest BCUT2D eigenvalue weighted by Gasteiger charge is -2.13. The van der Waals surface area contributed by atoms with Gasteiger partial charge in [0.15, 0.2) is 0 Å². The molecule has 1 aromatic carbocycles. The normalized spacial score (nSPS) is 10.3. The molecule has 4 nitrogen and oxygen atoms in total. The van der Waals surface area contributed by atoms with E-state index in [0.29, 0.717) is 17.1 Å². The first-order valence-electron chi connectivity index (χ1n) is 5.70. The summed E-state index contributed by atoms with van der Waals surface area (Å²) in [6, 6.07) is 5.21. The van der Waals surface area contributed by atoms with Gasteiger partial charge in [-0.1, -0.05) is 11.6 Å². The van der Waals surface area contributed by atoms with Crippen molar-refractivity contribution < 1.29 is 4.79 Å². The van der Waals surface area contributed by atoms with Crippen LogP contribution in [0.4, 0.5) is 5.69 Å². The van der Waals surface area contributed by atoms with E-state index in [1.807, 2.05) is 5.38 Å². The monoisotopic (exact) mass is 295 g/mol. The lowest BCUT2D eigenvalue weighted by molar-refractivity contribution is 0.0827. The number of carbonyl (C=O) groups excluding carboxylic acids is 1. The molecule has 1 heterocycles. The van der Waals surface area contributed by atoms with Gasteiger partial charge in [0.25, 0.3) is 5.91 Å². The molecule has 0 aliphatic heterocycles. The maximum absolute atomic E-state index is 11.9. The van der Waals surface area contributed by atoms with Crippen LogP contribution in [0, 0.1) is 0 Å². The number of nitrogens with zero attached hydrogens (tertiary/aromatic N) is 2. The first kappa shape index (κ1) is 13.8. The zero-order chi connectivity index (χ0) is 13.8. The molecule has 2 rings (SSSR count). The Morgan fingerprint density at radius 2 is 2.26 bits per heavy atom. The third-order valence-electron chi connectivity index (χ3n) is 2.56. The van der Waals surface area contributed by atoms with Crippen LogP contribution in [0.2, 0.25) is 5.02 Å². The van der Waals surface area contributed by atoms with Crippen molar-refractivity contribution in [2.45, 2.75) is 6.54 Å². The number of aromatic nitrogens is 1. The molecular weight excluding hydrogens is 282 g/mol. The van der Waals surface area contributed by atoms with Crippen LogP contribution < -0.4 is 5.32 Å². The number of carbonyl (C=O) groups is 1. The zero-order valence-electron chi connectivity index (χ0n) is 10.7. The summed E-state index contributed by atoms with van der Waals surface area (Å²) in [5.74, 6) is -0.0478. The van der Waals surface area contributed by atoms with Gasteiger partial charge in [0.1, 0.15) is 0 Å². The summed E-state index contributed by atoms with van der Waals surface area (Å²) < 4.78 is 0. The predicted octanol–water partition coefficient (Wildman–Crippen LogP) is 3.11. The smallest absolute Gasteiger partial charge is 0.253 e. The molecule has 0 bridgehead atoms. The van der Waals surface area contributed by atoms with Gasteiger partial charge in [-0.25, -0.2) is 4.98 Å². The fraction of sp³-hybridized carbons (Fsp3) is 0.231. The molecule has 1 amide bonds. The van der Waals surface area contributed by atoms with Crippen molar-refractivity contribution >= 4 is 34.5 Å². The summed E-state index contributed by atoms with van der Waals surface area (Å²) in [5.41, 5.74) is 4.08. The number of halogens is 1. The Morgan fingerprint density at radius 3 is 2.89 bits per heavy atom. The SMILES string of the molecule is CN(C)C(=O)c1ccc(Cl)c(NCc2cscn2)c1. The Morgan fingerprint density at radius 1 is 1.47 bits per heavy atom. The van der Waals surface area contributed by atoms with Crippen LogP contribution in [0.15, 0.2) is 29.1 Å². The predicted molar refractivity (Wildman–Crippen MR) is 78.9 cm³/mol. The highest BCUT2D eigenvalue weighted by molar-refractivity contribution is 7.07. The number of nitrogens with one attached hydrogen (secondary N) is 1. The van der Waals surface area contributed by atoms with Gasteiger partial charge in [-0.3, -0.25) is 4.79 Å². The van der Waals surface area contributed by atoms with E-state index in [1.165, 1.54) is 4.90 Å². The standard InChI is InChI=1S/C13H14ClN3OS/c1-17(2)13(18)9-3-4-11(14)12(5-9)15-6-10-7-19-8-16-10/h3-5,7-8,15H,6H2,1-2H3. The van der Waals surface area contributed by atoms with Crippen molar-refractivity contribution in [3.63, 3.8) is 0 Å². The molecule has 0 radical (unpaired) electrons. The van der Waals surface area contributed by atoms with Crippen LogP contribution in [0.5, 0.6) is 0 Å². The highest BCUT2D eigenvalue weighted by Gasteiger charge is 2.10. The van der Waals surface area contributed by atoms with Crippen molar-refractivity contribution in [3.05, 3.63) is 45.4 Å². The maximum Gasteiger partial charge on any atom is 0.253 e. The fourth-order valence-corrected chi connectivity index (χ4v) is 2.31. The molecule has 19 heavy (non-hydrogen) atoms. The molecule has 100 valence electrons. The fourth-order valence-electron chi connectivity index (χ4n) is 1.56. The van der Waals surface area contributed by atoms with Gasteiger partial charge in [-0.2, -0.15) is 0 Å². The van der Waals surface area contributed by atoms with Crippen LogP contribution >= 0.6 is 22.9 Å². The zero-order valence-corrected chi connectivity index (χ0v) is 12.3. The number of rotatable bonds is 4. The molecule has 0 fully saturated rings. The largest absolute Gasteiger partial charge is 0.378 e. The average Bonchev–Trinajstić information content (AvgIpc) is 2.90. The molecule has 0 saturated heterocycles. The van der Waals surface area contributed by atoms with Crippen molar-refractivity contribution in [3.8, 4) is 0 Å². The van der Waals surface area contributed by atoms with E-state index in [2.05, 4.69) is 10.3 Å². The van der Waals surface area contributed by atoms with Crippen LogP contribution in [-0.4, -0.2) is 29.9 Å². The Kier molecular flexibility index (Phi) is 4.39. The minimum atomic E-state index is -0.0478. The number of thiazole rings is 1. The molecule has 2 aromatic rings. The molecule has 0 unspecified atom stereocenters. The average molecular weight is 296 g/mol. The molecule has 0 saturated carbocycles. The Balaban J connectivity index is 2.15. The van der Waals surface area contributed by atoms with Gasteiger partial charge in [0, 0.05) is 25.0 Å². The summed E-state index contributed by atoms with van der Waals surface area (Å²) in [6.45, 7) is 0.586. The van der Waals surface area contributed by atoms with E-state index >= 15 is 0 Å². The molecule has 0 spiro atoms. The number of hydrogen-bond donors (Lipinski definition) is 1. The Bertz CT molecular complexity index is 569. The second kappa shape index (κ2) is 6.04. The van der Waals surface area contributed by atoms with E-state index in [1.54, 1.807) is 49.1 Å².